The van der Waals surface area contributed by atoms with E-state index in [-0.39, 0.29) is 0 Å². The first kappa shape index (κ1) is 12.8. The van der Waals surface area contributed by atoms with Crippen LogP contribution in [0.15, 0.2) is 42.7 Å². The summed E-state index contributed by atoms with van der Waals surface area (Å²) in [4.78, 5) is 13.0. The molecule has 0 aliphatic heterocycles. The molecule has 2 heterocycles. The van der Waals surface area contributed by atoms with Gasteiger partial charge in [-0.15, -0.1) is 0 Å². The van der Waals surface area contributed by atoms with Crippen LogP contribution in [0.5, 0.6) is 5.75 Å². The molecule has 0 saturated carbocycles. The molecule has 20 heavy (non-hydrogen) atoms. The Balaban J connectivity index is 2.04. The van der Waals surface area contributed by atoms with E-state index in [0.717, 1.165) is 16.6 Å². The number of benzene rings is 1. The lowest BCUT2D eigenvalue weighted by atomic mass is 10.2. The van der Waals surface area contributed by atoms with Gasteiger partial charge >= 0.3 is 0 Å². The second-order valence-corrected chi connectivity index (χ2v) is 4.59. The Morgan fingerprint density at radius 3 is 2.85 bits per heavy atom. The highest BCUT2D eigenvalue weighted by atomic mass is 35.5. The Bertz CT molecular complexity index is 761. The summed E-state index contributed by atoms with van der Waals surface area (Å²) < 4.78 is 5.41. The summed E-state index contributed by atoms with van der Waals surface area (Å²) in [6.45, 7) is 2.50. The topological polar surface area (TPSA) is 47.9 Å². The van der Waals surface area contributed by atoms with Crippen molar-refractivity contribution in [3.8, 4) is 17.1 Å². The molecule has 0 amide bonds. The molecule has 0 spiro atoms. The Morgan fingerprint density at radius 1 is 1.15 bits per heavy atom. The first-order valence-electron chi connectivity index (χ1n) is 6.28. The van der Waals surface area contributed by atoms with Crippen LogP contribution in [-0.2, 0) is 0 Å². The lowest BCUT2D eigenvalue weighted by Crippen LogP contribution is -1.94. The third kappa shape index (κ3) is 2.42. The highest BCUT2D eigenvalue weighted by Crippen LogP contribution is 2.29. The maximum Gasteiger partial charge on any atom is 0.159 e. The third-order valence-corrected chi connectivity index (χ3v) is 3.14. The van der Waals surface area contributed by atoms with Gasteiger partial charge in [-0.1, -0.05) is 11.6 Å². The number of nitrogens with zero attached hydrogens (tertiary/aromatic N) is 3. The molecule has 0 N–H and O–H groups in total. The molecular formula is C15H12ClN3O. The Kier molecular flexibility index (Phi) is 3.48. The molecule has 1 aromatic carbocycles. The highest BCUT2D eigenvalue weighted by Gasteiger charge is 2.07. The number of ether oxygens (including phenoxy) is 1. The average Bonchev–Trinajstić information content (AvgIpc) is 2.49. The summed E-state index contributed by atoms with van der Waals surface area (Å²) in [6, 6.07) is 9.30. The normalized spacial score (nSPS) is 10.7. The van der Waals surface area contributed by atoms with E-state index in [4.69, 9.17) is 16.3 Å². The Labute approximate surface area is 121 Å². The van der Waals surface area contributed by atoms with Gasteiger partial charge in [0, 0.05) is 11.8 Å². The van der Waals surface area contributed by atoms with Gasteiger partial charge in [-0.25, -0.2) is 9.97 Å². The van der Waals surface area contributed by atoms with Crippen LogP contribution in [-0.4, -0.2) is 21.6 Å². The monoisotopic (exact) mass is 285 g/mol. The quantitative estimate of drug-likeness (QED) is 0.735. The fraction of sp³-hybridized carbons (Fsp3) is 0.133. The van der Waals surface area contributed by atoms with Gasteiger partial charge in [0.2, 0.25) is 0 Å². The molecular weight excluding hydrogens is 274 g/mol. The minimum atomic E-state index is 0.555. The maximum absolute atomic E-state index is 6.18. The number of fused-ring (bicyclic) bond motifs is 1. The number of pyridine rings is 1. The van der Waals surface area contributed by atoms with Crippen molar-refractivity contribution in [2.45, 2.75) is 6.92 Å². The van der Waals surface area contributed by atoms with Gasteiger partial charge in [-0.05, 0) is 37.3 Å². The van der Waals surface area contributed by atoms with Crippen LogP contribution in [0.3, 0.4) is 0 Å². The van der Waals surface area contributed by atoms with Crippen LogP contribution in [0.25, 0.3) is 22.4 Å². The van der Waals surface area contributed by atoms with Gasteiger partial charge in [0.05, 0.1) is 23.3 Å². The predicted octanol–water partition coefficient (Wildman–Crippen LogP) is 3.74. The van der Waals surface area contributed by atoms with Gasteiger partial charge in [-0.2, -0.15) is 0 Å². The fourth-order valence-corrected chi connectivity index (χ4v) is 2.15. The van der Waals surface area contributed by atoms with Crippen molar-refractivity contribution in [2.75, 3.05) is 6.61 Å². The van der Waals surface area contributed by atoms with Crippen molar-refractivity contribution in [3.05, 3.63) is 47.7 Å². The van der Waals surface area contributed by atoms with Crippen LogP contribution < -0.4 is 4.74 Å². The average molecular weight is 286 g/mol. The maximum atomic E-state index is 6.18. The van der Waals surface area contributed by atoms with Crippen molar-refractivity contribution < 1.29 is 4.74 Å². The van der Waals surface area contributed by atoms with Gasteiger partial charge < -0.3 is 4.74 Å². The zero-order valence-electron chi connectivity index (χ0n) is 10.9. The van der Waals surface area contributed by atoms with E-state index in [1.165, 1.54) is 0 Å². The van der Waals surface area contributed by atoms with E-state index in [1.807, 2.05) is 37.3 Å². The van der Waals surface area contributed by atoms with Crippen LogP contribution in [0.2, 0.25) is 5.02 Å². The first-order valence-corrected chi connectivity index (χ1v) is 6.66. The van der Waals surface area contributed by atoms with Gasteiger partial charge in [0.25, 0.3) is 0 Å². The van der Waals surface area contributed by atoms with Crippen molar-refractivity contribution in [3.63, 3.8) is 0 Å². The van der Waals surface area contributed by atoms with Crippen LogP contribution in [0.4, 0.5) is 0 Å². The molecule has 0 unspecified atom stereocenters. The smallest absolute Gasteiger partial charge is 0.159 e. The van der Waals surface area contributed by atoms with E-state index in [9.17, 15) is 0 Å². The summed E-state index contributed by atoms with van der Waals surface area (Å²) in [7, 11) is 0. The summed E-state index contributed by atoms with van der Waals surface area (Å²) in [5.74, 6) is 1.29. The van der Waals surface area contributed by atoms with Crippen molar-refractivity contribution >= 4 is 22.6 Å². The zero-order chi connectivity index (χ0) is 13.9. The van der Waals surface area contributed by atoms with Crippen LogP contribution in [0, 0.1) is 0 Å². The summed E-state index contributed by atoms with van der Waals surface area (Å²) >= 11 is 6.18. The standard InChI is InChI=1S/C15H12ClN3O/c1-2-20-14-6-5-10(8-11(14)16)15-18-9-13-12(19-15)4-3-7-17-13/h3-9H,2H2,1H3. The van der Waals surface area contributed by atoms with Gasteiger partial charge in [0.1, 0.15) is 11.3 Å². The molecule has 0 bridgehead atoms. The number of aromatic nitrogens is 3. The van der Waals surface area contributed by atoms with E-state index < -0.39 is 0 Å². The van der Waals surface area contributed by atoms with Crippen molar-refractivity contribution in [2.24, 2.45) is 0 Å². The summed E-state index contributed by atoms with van der Waals surface area (Å²) in [5, 5.41) is 0.555. The SMILES string of the molecule is CCOc1ccc(-c2ncc3ncccc3n2)cc1Cl. The number of halogens is 1. The molecule has 5 heteroatoms. The van der Waals surface area contributed by atoms with E-state index in [1.54, 1.807) is 12.4 Å². The fourth-order valence-electron chi connectivity index (χ4n) is 1.92. The largest absolute Gasteiger partial charge is 0.492 e. The second kappa shape index (κ2) is 5.43. The van der Waals surface area contributed by atoms with E-state index in [2.05, 4.69) is 15.0 Å². The van der Waals surface area contributed by atoms with Crippen LogP contribution in [0.1, 0.15) is 6.92 Å². The minimum absolute atomic E-state index is 0.555. The molecule has 0 aliphatic carbocycles. The van der Waals surface area contributed by atoms with Gasteiger partial charge in [0.15, 0.2) is 5.82 Å². The molecule has 0 aliphatic rings. The number of rotatable bonds is 3. The Morgan fingerprint density at radius 2 is 2.05 bits per heavy atom. The lowest BCUT2D eigenvalue weighted by molar-refractivity contribution is 0.340. The first-order chi connectivity index (χ1) is 9.78. The zero-order valence-corrected chi connectivity index (χ0v) is 11.6. The molecule has 3 aromatic rings. The Hall–Kier alpha value is -2.20. The van der Waals surface area contributed by atoms with E-state index in [0.29, 0.717) is 23.2 Å². The lowest BCUT2D eigenvalue weighted by Gasteiger charge is -2.07. The summed E-state index contributed by atoms with van der Waals surface area (Å²) in [5.41, 5.74) is 2.43. The molecule has 100 valence electrons. The molecule has 3 rings (SSSR count). The molecule has 0 atom stereocenters. The van der Waals surface area contributed by atoms with Gasteiger partial charge in [-0.3, -0.25) is 4.98 Å². The van der Waals surface area contributed by atoms with Crippen molar-refractivity contribution in [1.29, 1.82) is 0 Å². The second-order valence-electron chi connectivity index (χ2n) is 4.18. The van der Waals surface area contributed by atoms with E-state index >= 15 is 0 Å². The minimum Gasteiger partial charge on any atom is -0.492 e. The van der Waals surface area contributed by atoms with Crippen LogP contribution >= 0.6 is 11.6 Å². The van der Waals surface area contributed by atoms with Crippen molar-refractivity contribution in [1.82, 2.24) is 15.0 Å². The molecule has 0 radical (unpaired) electrons. The number of hydrogen-bond donors (Lipinski definition) is 0. The predicted molar refractivity (Wildman–Crippen MR) is 78.9 cm³/mol. The summed E-state index contributed by atoms with van der Waals surface area (Å²) in [6.07, 6.45) is 3.43. The molecule has 2 aromatic heterocycles. The molecule has 0 saturated heterocycles. The molecule has 4 nitrogen and oxygen atoms in total. The molecule has 0 fully saturated rings. The highest BCUT2D eigenvalue weighted by molar-refractivity contribution is 6.32. The third-order valence-electron chi connectivity index (χ3n) is 2.84. The number of hydrogen-bond acceptors (Lipinski definition) is 4.